The van der Waals surface area contributed by atoms with E-state index in [1.807, 2.05) is 24.4 Å². The van der Waals surface area contributed by atoms with Gasteiger partial charge in [-0.15, -0.1) is 11.3 Å². The van der Waals surface area contributed by atoms with E-state index in [1.54, 1.807) is 11.3 Å². The van der Waals surface area contributed by atoms with Gasteiger partial charge in [0.25, 0.3) is 11.6 Å². The van der Waals surface area contributed by atoms with Crippen LogP contribution < -0.4 is 5.32 Å². The number of amides is 1. The molecule has 1 atom stereocenters. The molecule has 21 heavy (non-hydrogen) atoms. The number of nitrogens with one attached hydrogen (secondary N) is 1. The van der Waals surface area contributed by atoms with Gasteiger partial charge in [-0.2, -0.15) is 0 Å². The monoisotopic (exact) mass is 324 g/mol. The smallest absolute Gasteiger partial charge is 0.288 e. The number of rotatable bonds is 5. The van der Waals surface area contributed by atoms with Crippen molar-refractivity contribution in [2.75, 3.05) is 0 Å². The largest absolute Gasteiger partial charge is 0.344 e. The number of nitro benzene ring substituents is 1. The number of carbonyl (C=O) groups excluding carboxylic acids is 1. The molecule has 2 rings (SSSR count). The molecule has 0 saturated heterocycles. The van der Waals surface area contributed by atoms with Crippen molar-refractivity contribution >= 4 is 34.5 Å². The van der Waals surface area contributed by atoms with E-state index in [1.165, 1.54) is 18.2 Å². The van der Waals surface area contributed by atoms with E-state index in [-0.39, 0.29) is 28.2 Å². The summed E-state index contributed by atoms with van der Waals surface area (Å²) >= 11 is 7.30. The van der Waals surface area contributed by atoms with E-state index >= 15 is 0 Å². The first-order chi connectivity index (χ1) is 10.0. The average molecular weight is 325 g/mol. The lowest BCUT2D eigenvalue weighted by Gasteiger charge is -2.15. The van der Waals surface area contributed by atoms with Crippen molar-refractivity contribution in [1.82, 2.24) is 5.32 Å². The zero-order chi connectivity index (χ0) is 15.4. The fourth-order valence-electron chi connectivity index (χ4n) is 1.90. The Morgan fingerprint density at radius 1 is 1.48 bits per heavy atom. The number of hydrogen-bond acceptors (Lipinski definition) is 4. The Labute approximate surface area is 130 Å². The van der Waals surface area contributed by atoms with Crippen LogP contribution in [-0.4, -0.2) is 10.8 Å². The summed E-state index contributed by atoms with van der Waals surface area (Å²) in [5.74, 6) is -0.352. The van der Waals surface area contributed by atoms with Crippen LogP contribution >= 0.6 is 22.9 Å². The third-order valence-electron chi connectivity index (χ3n) is 3.01. The van der Waals surface area contributed by atoms with Crippen LogP contribution in [0.3, 0.4) is 0 Å². The summed E-state index contributed by atoms with van der Waals surface area (Å²) in [5.41, 5.74) is -0.0467. The second-order valence-electron chi connectivity index (χ2n) is 4.37. The van der Waals surface area contributed by atoms with Crippen molar-refractivity contribution in [2.24, 2.45) is 0 Å². The number of benzene rings is 1. The lowest BCUT2D eigenvalue weighted by atomic mass is 10.1. The Morgan fingerprint density at radius 2 is 2.24 bits per heavy atom. The van der Waals surface area contributed by atoms with Gasteiger partial charge in [-0.05, 0) is 30.0 Å². The molecule has 0 aliphatic rings. The van der Waals surface area contributed by atoms with Crippen molar-refractivity contribution in [2.45, 2.75) is 19.4 Å². The molecule has 0 fully saturated rings. The van der Waals surface area contributed by atoms with Crippen LogP contribution in [0.1, 0.15) is 34.6 Å². The van der Waals surface area contributed by atoms with Gasteiger partial charge in [-0.3, -0.25) is 14.9 Å². The predicted molar refractivity (Wildman–Crippen MR) is 82.9 cm³/mol. The number of nitro groups is 1. The summed E-state index contributed by atoms with van der Waals surface area (Å²) in [6.07, 6.45) is 0.738. The molecule has 0 aliphatic heterocycles. The van der Waals surface area contributed by atoms with E-state index in [2.05, 4.69) is 5.32 Å². The first-order valence-electron chi connectivity index (χ1n) is 6.31. The highest BCUT2D eigenvalue weighted by atomic mass is 35.5. The molecule has 1 aromatic carbocycles. The highest BCUT2D eigenvalue weighted by molar-refractivity contribution is 7.10. The maximum absolute atomic E-state index is 12.2. The molecule has 1 amide bonds. The lowest BCUT2D eigenvalue weighted by molar-refractivity contribution is -0.384. The summed E-state index contributed by atoms with van der Waals surface area (Å²) in [7, 11) is 0. The number of halogens is 1. The quantitative estimate of drug-likeness (QED) is 0.662. The summed E-state index contributed by atoms with van der Waals surface area (Å²) in [6, 6.07) is 7.80. The van der Waals surface area contributed by atoms with Crippen LogP contribution in [0.25, 0.3) is 0 Å². The third kappa shape index (κ3) is 3.59. The molecule has 0 radical (unpaired) electrons. The summed E-state index contributed by atoms with van der Waals surface area (Å²) in [5, 5.41) is 15.7. The minimum atomic E-state index is -0.602. The Morgan fingerprint density at radius 3 is 2.81 bits per heavy atom. The molecule has 0 aliphatic carbocycles. The standard InChI is InChI=1S/C14H13ClN2O3S/c1-2-11(13-4-3-7-21-13)16-14(18)9-5-6-10(15)12(8-9)17(19)20/h3-8,11H,2H2,1H3,(H,16,18). The van der Waals surface area contributed by atoms with Crippen LogP contribution in [0.4, 0.5) is 5.69 Å². The van der Waals surface area contributed by atoms with Crippen LogP contribution in [0.15, 0.2) is 35.7 Å². The number of nitrogens with zero attached hydrogens (tertiary/aromatic N) is 1. The number of hydrogen-bond donors (Lipinski definition) is 1. The van der Waals surface area contributed by atoms with E-state index in [4.69, 9.17) is 11.6 Å². The maximum atomic E-state index is 12.2. The fraction of sp³-hybridized carbons (Fsp3) is 0.214. The van der Waals surface area contributed by atoms with Crippen LogP contribution in [0.2, 0.25) is 5.02 Å². The van der Waals surface area contributed by atoms with Gasteiger partial charge in [0.05, 0.1) is 11.0 Å². The average Bonchev–Trinajstić information content (AvgIpc) is 2.98. The van der Waals surface area contributed by atoms with Crippen LogP contribution in [0, 0.1) is 10.1 Å². The minimum absolute atomic E-state index is 0.0156. The molecule has 1 aromatic heterocycles. The van der Waals surface area contributed by atoms with Gasteiger partial charge < -0.3 is 5.32 Å². The van der Waals surface area contributed by atoms with Gasteiger partial charge in [0.15, 0.2) is 0 Å². The lowest BCUT2D eigenvalue weighted by Crippen LogP contribution is -2.27. The summed E-state index contributed by atoms with van der Waals surface area (Å²) < 4.78 is 0. The highest BCUT2D eigenvalue weighted by Crippen LogP contribution is 2.26. The van der Waals surface area contributed by atoms with Crippen molar-refractivity contribution in [3.05, 3.63) is 61.3 Å². The Balaban J connectivity index is 2.20. The Kier molecular flexibility index (Phi) is 4.93. The maximum Gasteiger partial charge on any atom is 0.288 e. The fourth-order valence-corrected chi connectivity index (χ4v) is 2.95. The van der Waals surface area contributed by atoms with E-state index in [0.717, 1.165) is 11.3 Å². The molecular formula is C14H13ClN2O3S. The second-order valence-corrected chi connectivity index (χ2v) is 5.76. The van der Waals surface area contributed by atoms with E-state index in [0.29, 0.717) is 0 Å². The van der Waals surface area contributed by atoms with Crippen molar-refractivity contribution in [3.8, 4) is 0 Å². The van der Waals surface area contributed by atoms with Gasteiger partial charge >= 0.3 is 0 Å². The Bertz CT molecular complexity index is 658. The SMILES string of the molecule is CCC(NC(=O)c1ccc(Cl)c([N+](=O)[O-])c1)c1cccs1. The molecule has 0 saturated carbocycles. The molecule has 1 N–H and O–H groups in total. The molecular weight excluding hydrogens is 312 g/mol. The molecule has 1 heterocycles. The molecule has 110 valence electrons. The highest BCUT2D eigenvalue weighted by Gasteiger charge is 2.19. The normalized spacial score (nSPS) is 11.9. The first kappa shape index (κ1) is 15.5. The Hall–Kier alpha value is -1.92. The van der Waals surface area contributed by atoms with Gasteiger partial charge in [-0.25, -0.2) is 0 Å². The zero-order valence-electron chi connectivity index (χ0n) is 11.2. The first-order valence-corrected chi connectivity index (χ1v) is 7.57. The zero-order valence-corrected chi connectivity index (χ0v) is 12.8. The van der Waals surface area contributed by atoms with Crippen molar-refractivity contribution < 1.29 is 9.72 Å². The summed E-state index contributed by atoms with van der Waals surface area (Å²) in [6.45, 7) is 1.97. The minimum Gasteiger partial charge on any atom is -0.344 e. The van der Waals surface area contributed by atoms with E-state index < -0.39 is 4.92 Å². The van der Waals surface area contributed by atoms with Crippen LogP contribution in [0.5, 0.6) is 0 Å². The molecule has 0 spiro atoms. The number of carbonyl (C=O) groups is 1. The van der Waals surface area contributed by atoms with Gasteiger partial charge in [0.2, 0.25) is 0 Å². The molecule has 2 aromatic rings. The van der Waals surface area contributed by atoms with E-state index in [9.17, 15) is 14.9 Å². The molecule has 5 nitrogen and oxygen atoms in total. The number of thiophene rings is 1. The molecule has 1 unspecified atom stereocenters. The van der Waals surface area contributed by atoms with Crippen LogP contribution in [-0.2, 0) is 0 Å². The predicted octanol–water partition coefficient (Wildman–Crippen LogP) is 4.19. The van der Waals surface area contributed by atoms with Crippen molar-refractivity contribution in [3.63, 3.8) is 0 Å². The molecule has 7 heteroatoms. The van der Waals surface area contributed by atoms with Gasteiger partial charge in [-0.1, -0.05) is 24.6 Å². The van der Waals surface area contributed by atoms with Crippen molar-refractivity contribution in [1.29, 1.82) is 0 Å². The van der Waals surface area contributed by atoms with Gasteiger partial charge in [0.1, 0.15) is 5.02 Å². The third-order valence-corrected chi connectivity index (χ3v) is 4.31. The molecule has 0 bridgehead atoms. The topological polar surface area (TPSA) is 72.2 Å². The van der Waals surface area contributed by atoms with Gasteiger partial charge in [0, 0.05) is 16.5 Å². The summed E-state index contributed by atoms with van der Waals surface area (Å²) in [4.78, 5) is 23.5. The second kappa shape index (κ2) is 6.69.